The maximum atomic E-state index is 11.0. The van der Waals surface area contributed by atoms with Gasteiger partial charge in [0.25, 0.3) is 0 Å². The average Bonchev–Trinajstić information content (AvgIpc) is 2.96. The fourth-order valence-electron chi connectivity index (χ4n) is 1.82. The molecular formula is C14H12N4O2S. The largest absolute Gasteiger partial charge is 0.438 e. The number of amides is 1. The number of fused-ring (bicyclic) bond motifs is 1. The molecule has 0 fully saturated rings. The Bertz CT molecular complexity index is 798. The number of carbonyl (C=O) groups excluding carboxylic acids is 1. The SMILES string of the molecule is CNc1nc(Oc2ccc(C(N)=O)cc2)c2ccsc2n1. The van der Waals surface area contributed by atoms with Gasteiger partial charge in [0.05, 0.1) is 5.39 Å². The van der Waals surface area contributed by atoms with E-state index in [1.165, 1.54) is 11.3 Å². The minimum atomic E-state index is -0.471. The Kier molecular flexibility index (Phi) is 3.41. The summed E-state index contributed by atoms with van der Waals surface area (Å²) in [7, 11) is 1.75. The van der Waals surface area contributed by atoms with E-state index < -0.39 is 5.91 Å². The number of primary amides is 1. The molecule has 106 valence electrons. The summed E-state index contributed by atoms with van der Waals surface area (Å²) >= 11 is 1.52. The van der Waals surface area contributed by atoms with Gasteiger partial charge in [-0.15, -0.1) is 11.3 Å². The predicted molar refractivity (Wildman–Crippen MR) is 82.0 cm³/mol. The molecule has 0 aliphatic rings. The molecule has 3 rings (SSSR count). The van der Waals surface area contributed by atoms with E-state index in [1.807, 2.05) is 11.4 Å². The third-order valence-electron chi connectivity index (χ3n) is 2.87. The zero-order valence-electron chi connectivity index (χ0n) is 11.2. The van der Waals surface area contributed by atoms with E-state index in [9.17, 15) is 4.79 Å². The van der Waals surface area contributed by atoms with E-state index in [1.54, 1.807) is 31.3 Å². The Hall–Kier alpha value is -2.67. The lowest BCUT2D eigenvalue weighted by molar-refractivity contribution is 0.100. The summed E-state index contributed by atoms with van der Waals surface area (Å²) in [6, 6.07) is 8.50. The Labute approximate surface area is 124 Å². The molecule has 2 aromatic heterocycles. The molecule has 3 aromatic rings. The van der Waals surface area contributed by atoms with Crippen LogP contribution in [0.5, 0.6) is 11.6 Å². The van der Waals surface area contributed by atoms with Gasteiger partial charge < -0.3 is 15.8 Å². The molecule has 0 aliphatic carbocycles. The highest BCUT2D eigenvalue weighted by atomic mass is 32.1. The van der Waals surface area contributed by atoms with Crippen molar-refractivity contribution in [3.05, 3.63) is 41.3 Å². The molecule has 21 heavy (non-hydrogen) atoms. The number of carbonyl (C=O) groups is 1. The van der Waals surface area contributed by atoms with E-state index in [0.717, 1.165) is 10.2 Å². The zero-order valence-corrected chi connectivity index (χ0v) is 12.0. The second-order valence-electron chi connectivity index (χ2n) is 4.23. The lowest BCUT2D eigenvalue weighted by atomic mass is 10.2. The van der Waals surface area contributed by atoms with Gasteiger partial charge >= 0.3 is 0 Å². The van der Waals surface area contributed by atoms with Gasteiger partial charge in [-0.05, 0) is 35.7 Å². The van der Waals surface area contributed by atoms with Crippen LogP contribution >= 0.6 is 11.3 Å². The van der Waals surface area contributed by atoms with E-state index in [0.29, 0.717) is 23.1 Å². The number of thiophene rings is 1. The van der Waals surface area contributed by atoms with E-state index >= 15 is 0 Å². The van der Waals surface area contributed by atoms with Gasteiger partial charge in [-0.1, -0.05) is 0 Å². The van der Waals surface area contributed by atoms with Crippen molar-refractivity contribution in [1.29, 1.82) is 0 Å². The summed E-state index contributed by atoms with van der Waals surface area (Å²) < 4.78 is 5.79. The average molecular weight is 300 g/mol. The lowest BCUT2D eigenvalue weighted by Crippen LogP contribution is -2.10. The number of benzene rings is 1. The first-order valence-electron chi connectivity index (χ1n) is 6.18. The lowest BCUT2D eigenvalue weighted by Gasteiger charge is -2.08. The molecule has 0 unspecified atom stereocenters. The first kappa shape index (κ1) is 13.3. The second-order valence-corrected chi connectivity index (χ2v) is 5.13. The van der Waals surface area contributed by atoms with Crippen LogP contribution < -0.4 is 15.8 Å². The molecule has 1 amide bonds. The van der Waals surface area contributed by atoms with Crippen molar-refractivity contribution in [3.8, 4) is 11.6 Å². The maximum Gasteiger partial charge on any atom is 0.248 e. The molecule has 6 nitrogen and oxygen atoms in total. The maximum absolute atomic E-state index is 11.0. The van der Waals surface area contributed by atoms with E-state index in [-0.39, 0.29) is 0 Å². The highest BCUT2D eigenvalue weighted by molar-refractivity contribution is 7.16. The van der Waals surface area contributed by atoms with Crippen LogP contribution in [0.15, 0.2) is 35.7 Å². The van der Waals surface area contributed by atoms with Gasteiger partial charge in [0.2, 0.25) is 17.7 Å². The molecule has 0 atom stereocenters. The van der Waals surface area contributed by atoms with Gasteiger partial charge in [-0.25, -0.2) is 4.98 Å². The van der Waals surface area contributed by atoms with Crippen molar-refractivity contribution >= 4 is 33.4 Å². The fourth-order valence-corrected chi connectivity index (χ4v) is 2.57. The Morgan fingerprint density at radius 3 is 2.67 bits per heavy atom. The highest BCUT2D eigenvalue weighted by Gasteiger charge is 2.10. The molecule has 3 N–H and O–H groups in total. The zero-order chi connectivity index (χ0) is 14.8. The van der Waals surface area contributed by atoms with Gasteiger partial charge in [-0.3, -0.25) is 4.79 Å². The molecule has 0 radical (unpaired) electrons. The van der Waals surface area contributed by atoms with E-state index in [4.69, 9.17) is 10.5 Å². The van der Waals surface area contributed by atoms with Crippen LogP contribution in [0.1, 0.15) is 10.4 Å². The molecule has 0 saturated heterocycles. The summed E-state index contributed by atoms with van der Waals surface area (Å²) in [5, 5.41) is 5.68. The number of ether oxygens (including phenoxy) is 1. The Balaban J connectivity index is 1.97. The molecular weight excluding hydrogens is 288 g/mol. The molecule has 0 bridgehead atoms. The summed E-state index contributed by atoms with van der Waals surface area (Å²) in [4.78, 5) is 20.6. The summed E-state index contributed by atoms with van der Waals surface area (Å²) in [5.74, 6) is 1.07. The van der Waals surface area contributed by atoms with Gasteiger partial charge in [-0.2, -0.15) is 4.98 Å². The van der Waals surface area contributed by atoms with Crippen molar-refractivity contribution < 1.29 is 9.53 Å². The van der Waals surface area contributed by atoms with Crippen molar-refractivity contribution in [3.63, 3.8) is 0 Å². The number of aromatic nitrogens is 2. The molecule has 1 aromatic carbocycles. The quantitative estimate of drug-likeness (QED) is 0.773. The molecule has 7 heteroatoms. The Morgan fingerprint density at radius 2 is 2.00 bits per heavy atom. The third-order valence-corrected chi connectivity index (χ3v) is 3.67. The number of hydrogen-bond donors (Lipinski definition) is 2. The number of nitrogens with two attached hydrogens (primary N) is 1. The van der Waals surface area contributed by atoms with Crippen LogP contribution in [0.2, 0.25) is 0 Å². The topological polar surface area (TPSA) is 90.1 Å². The first-order chi connectivity index (χ1) is 10.2. The minimum absolute atomic E-state index is 0.432. The smallest absolute Gasteiger partial charge is 0.248 e. The van der Waals surface area contributed by atoms with Crippen molar-refractivity contribution in [2.75, 3.05) is 12.4 Å². The third kappa shape index (κ3) is 2.63. The van der Waals surface area contributed by atoms with Crippen LogP contribution in [0.3, 0.4) is 0 Å². The van der Waals surface area contributed by atoms with Crippen LogP contribution in [-0.2, 0) is 0 Å². The van der Waals surface area contributed by atoms with Crippen LogP contribution in [0.25, 0.3) is 10.2 Å². The van der Waals surface area contributed by atoms with Crippen LogP contribution in [-0.4, -0.2) is 22.9 Å². The Morgan fingerprint density at radius 1 is 1.24 bits per heavy atom. The monoisotopic (exact) mass is 300 g/mol. The molecule has 0 saturated carbocycles. The minimum Gasteiger partial charge on any atom is -0.438 e. The highest BCUT2D eigenvalue weighted by Crippen LogP contribution is 2.31. The predicted octanol–water partition coefficient (Wildman–Crippen LogP) is 2.62. The summed E-state index contributed by atoms with van der Waals surface area (Å²) in [6.45, 7) is 0. The number of rotatable bonds is 4. The normalized spacial score (nSPS) is 10.5. The number of nitrogens with zero attached hydrogens (tertiary/aromatic N) is 2. The second kappa shape index (κ2) is 5.37. The fraction of sp³-hybridized carbons (Fsp3) is 0.0714. The number of nitrogens with one attached hydrogen (secondary N) is 1. The summed E-state index contributed by atoms with van der Waals surface area (Å²) in [5.41, 5.74) is 5.64. The first-order valence-corrected chi connectivity index (χ1v) is 7.06. The van der Waals surface area contributed by atoms with Crippen molar-refractivity contribution in [1.82, 2.24) is 9.97 Å². The molecule has 0 spiro atoms. The molecule has 2 heterocycles. The molecule has 0 aliphatic heterocycles. The van der Waals surface area contributed by atoms with Crippen LogP contribution in [0.4, 0.5) is 5.95 Å². The summed E-state index contributed by atoms with van der Waals surface area (Å²) in [6.07, 6.45) is 0. The van der Waals surface area contributed by atoms with Gasteiger partial charge in [0.15, 0.2) is 0 Å². The van der Waals surface area contributed by atoms with Crippen LogP contribution in [0, 0.1) is 0 Å². The van der Waals surface area contributed by atoms with E-state index in [2.05, 4.69) is 15.3 Å². The van der Waals surface area contributed by atoms with Crippen molar-refractivity contribution in [2.45, 2.75) is 0 Å². The number of hydrogen-bond acceptors (Lipinski definition) is 6. The number of anilines is 1. The van der Waals surface area contributed by atoms with Crippen molar-refractivity contribution in [2.24, 2.45) is 5.73 Å². The van der Waals surface area contributed by atoms with Gasteiger partial charge in [0, 0.05) is 12.6 Å². The van der Waals surface area contributed by atoms with Gasteiger partial charge in [0.1, 0.15) is 10.6 Å². The standard InChI is InChI=1S/C14H12N4O2S/c1-16-14-17-12(10-6-7-21-13(10)18-14)20-9-4-2-8(3-5-9)11(15)19/h2-7H,1H3,(H2,15,19)(H,16,17,18).